The second-order valence-electron chi connectivity index (χ2n) is 4.72. The molecule has 0 heterocycles. The zero-order valence-electron chi connectivity index (χ0n) is 12.0. The van der Waals surface area contributed by atoms with Crippen LogP contribution in [0.25, 0.3) is 0 Å². The monoisotopic (exact) mass is 297 g/mol. The van der Waals surface area contributed by atoms with Gasteiger partial charge in [-0.1, -0.05) is 24.6 Å². The van der Waals surface area contributed by atoms with Crippen LogP contribution in [-0.4, -0.2) is 48.8 Å². The Morgan fingerprint density at radius 1 is 1.30 bits per heavy atom. The third-order valence-electron chi connectivity index (χ3n) is 2.87. The van der Waals surface area contributed by atoms with Crippen molar-refractivity contribution in [1.82, 2.24) is 9.80 Å². The van der Waals surface area contributed by atoms with Gasteiger partial charge in [0.2, 0.25) is 5.91 Å². The summed E-state index contributed by atoms with van der Waals surface area (Å²) in [6.07, 6.45) is 0.747. The lowest BCUT2D eigenvalue weighted by Crippen LogP contribution is -2.41. The Morgan fingerprint density at radius 3 is 2.45 bits per heavy atom. The van der Waals surface area contributed by atoms with E-state index in [2.05, 4.69) is 0 Å². The maximum absolute atomic E-state index is 12.5. The average molecular weight is 298 g/mol. The Balaban J connectivity index is 3.02. The molecule has 0 aliphatic carbocycles. The highest BCUT2D eigenvalue weighted by Gasteiger charge is 2.22. The van der Waals surface area contributed by atoms with Gasteiger partial charge in [0.25, 0.3) is 5.91 Å². The Hall–Kier alpha value is -1.75. The van der Waals surface area contributed by atoms with Crippen LogP contribution in [0.4, 0.5) is 5.69 Å². The molecule has 2 amide bonds. The average Bonchev–Trinajstić information content (AvgIpc) is 2.37. The number of halogens is 1. The van der Waals surface area contributed by atoms with Gasteiger partial charge in [0.1, 0.15) is 6.54 Å². The minimum Gasteiger partial charge on any atom is -0.398 e. The second kappa shape index (κ2) is 7.14. The van der Waals surface area contributed by atoms with Crippen LogP contribution in [0.3, 0.4) is 0 Å². The topological polar surface area (TPSA) is 66.6 Å². The number of nitrogens with zero attached hydrogens (tertiary/aromatic N) is 2. The van der Waals surface area contributed by atoms with E-state index in [9.17, 15) is 9.59 Å². The fraction of sp³-hybridized carbons (Fsp3) is 0.429. The van der Waals surface area contributed by atoms with Gasteiger partial charge in [-0.3, -0.25) is 9.59 Å². The lowest BCUT2D eigenvalue weighted by Gasteiger charge is -2.24. The van der Waals surface area contributed by atoms with Gasteiger partial charge in [0, 0.05) is 26.3 Å². The largest absolute Gasteiger partial charge is 0.398 e. The first-order chi connectivity index (χ1) is 9.38. The third kappa shape index (κ3) is 3.87. The van der Waals surface area contributed by atoms with Gasteiger partial charge in [-0.15, -0.1) is 0 Å². The van der Waals surface area contributed by atoms with Gasteiger partial charge in [-0.05, 0) is 18.6 Å². The molecule has 0 fully saturated rings. The smallest absolute Gasteiger partial charge is 0.257 e. The van der Waals surface area contributed by atoms with Crippen LogP contribution in [0.5, 0.6) is 0 Å². The molecule has 0 bridgehead atoms. The van der Waals surface area contributed by atoms with Crippen molar-refractivity contribution in [3.8, 4) is 0 Å². The normalized spacial score (nSPS) is 10.2. The number of nitrogen functional groups attached to an aromatic ring is 1. The fourth-order valence-electron chi connectivity index (χ4n) is 1.75. The molecule has 0 aliphatic rings. The van der Waals surface area contributed by atoms with Crippen molar-refractivity contribution in [2.75, 3.05) is 32.9 Å². The van der Waals surface area contributed by atoms with Gasteiger partial charge < -0.3 is 15.5 Å². The first kappa shape index (κ1) is 16.3. The summed E-state index contributed by atoms with van der Waals surface area (Å²) >= 11 is 6.04. The molecule has 0 atom stereocenters. The molecule has 1 aromatic carbocycles. The number of hydrogen-bond acceptors (Lipinski definition) is 3. The number of amides is 2. The summed E-state index contributed by atoms with van der Waals surface area (Å²) in [6, 6.07) is 4.92. The van der Waals surface area contributed by atoms with Crippen LogP contribution in [-0.2, 0) is 4.79 Å². The minimum atomic E-state index is -0.315. The molecule has 2 N–H and O–H groups in total. The van der Waals surface area contributed by atoms with Gasteiger partial charge in [0.15, 0.2) is 0 Å². The van der Waals surface area contributed by atoms with Crippen LogP contribution in [0.2, 0.25) is 5.02 Å². The zero-order chi connectivity index (χ0) is 15.3. The number of hydrogen-bond donors (Lipinski definition) is 1. The number of carbonyl (C=O) groups is 2. The molecular formula is C14H20ClN3O2. The van der Waals surface area contributed by atoms with Crippen molar-refractivity contribution in [3.05, 3.63) is 28.8 Å². The van der Waals surface area contributed by atoms with E-state index in [4.69, 9.17) is 17.3 Å². The molecule has 0 radical (unpaired) electrons. The molecule has 0 spiro atoms. The molecule has 1 rings (SSSR count). The van der Waals surface area contributed by atoms with Crippen LogP contribution in [0.15, 0.2) is 18.2 Å². The van der Waals surface area contributed by atoms with Gasteiger partial charge in [0.05, 0.1) is 10.6 Å². The predicted molar refractivity (Wildman–Crippen MR) is 80.8 cm³/mol. The van der Waals surface area contributed by atoms with Crippen LogP contribution in [0, 0.1) is 0 Å². The van der Waals surface area contributed by atoms with E-state index in [1.54, 1.807) is 32.3 Å². The summed E-state index contributed by atoms with van der Waals surface area (Å²) in [5, 5.41) is 0.299. The van der Waals surface area contributed by atoms with E-state index in [-0.39, 0.29) is 23.9 Å². The maximum Gasteiger partial charge on any atom is 0.257 e. The standard InChI is InChI=1S/C14H20ClN3O2/c1-4-8-18(9-12(19)17(2)3)14(20)13-10(15)6-5-7-11(13)16/h5-7H,4,8-9,16H2,1-3H3. The SMILES string of the molecule is CCCN(CC(=O)N(C)C)C(=O)c1c(N)cccc1Cl. The van der Waals surface area contributed by atoms with E-state index in [1.165, 1.54) is 9.80 Å². The highest BCUT2D eigenvalue weighted by Crippen LogP contribution is 2.23. The van der Waals surface area contributed by atoms with Crippen molar-refractivity contribution >= 4 is 29.1 Å². The molecule has 0 saturated carbocycles. The van der Waals surface area contributed by atoms with Gasteiger partial charge >= 0.3 is 0 Å². The van der Waals surface area contributed by atoms with Crippen molar-refractivity contribution in [3.63, 3.8) is 0 Å². The molecule has 1 aromatic rings. The number of anilines is 1. The van der Waals surface area contributed by atoms with Crippen molar-refractivity contribution < 1.29 is 9.59 Å². The van der Waals surface area contributed by atoms with E-state index >= 15 is 0 Å². The van der Waals surface area contributed by atoms with Crippen molar-refractivity contribution in [2.45, 2.75) is 13.3 Å². The summed E-state index contributed by atoms with van der Waals surface area (Å²) in [4.78, 5) is 27.2. The first-order valence-electron chi connectivity index (χ1n) is 6.41. The molecule has 0 unspecified atom stereocenters. The molecule has 0 saturated heterocycles. The predicted octanol–water partition coefficient (Wildman–Crippen LogP) is 1.86. The third-order valence-corrected chi connectivity index (χ3v) is 3.18. The minimum absolute atomic E-state index is 0.0182. The van der Waals surface area contributed by atoms with Gasteiger partial charge in [-0.25, -0.2) is 0 Å². The number of nitrogens with two attached hydrogens (primary N) is 1. The van der Waals surface area contributed by atoms with Crippen LogP contribution in [0.1, 0.15) is 23.7 Å². The zero-order valence-corrected chi connectivity index (χ0v) is 12.8. The number of benzene rings is 1. The van der Waals surface area contributed by atoms with E-state index in [0.29, 0.717) is 17.3 Å². The summed E-state index contributed by atoms with van der Waals surface area (Å²) < 4.78 is 0. The lowest BCUT2D eigenvalue weighted by molar-refractivity contribution is -0.129. The summed E-state index contributed by atoms with van der Waals surface area (Å²) in [7, 11) is 3.31. The molecular weight excluding hydrogens is 278 g/mol. The van der Waals surface area contributed by atoms with Crippen LogP contribution >= 0.6 is 11.6 Å². The Morgan fingerprint density at radius 2 is 1.95 bits per heavy atom. The van der Waals surface area contributed by atoms with E-state index in [1.807, 2.05) is 6.92 Å². The quantitative estimate of drug-likeness (QED) is 0.844. The van der Waals surface area contributed by atoms with Gasteiger partial charge in [-0.2, -0.15) is 0 Å². The fourth-order valence-corrected chi connectivity index (χ4v) is 2.01. The van der Waals surface area contributed by atoms with Crippen molar-refractivity contribution in [1.29, 1.82) is 0 Å². The maximum atomic E-state index is 12.5. The lowest BCUT2D eigenvalue weighted by atomic mass is 10.1. The number of likely N-dealkylation sites (N-methyl/N-ethyl adjacent to an activating group) is 1. The summed E-state index contributed by atoms with van der Waals surface area (Å²) in [6.45, 7) is 2.43. The molecule has 0 aromatic heterocycles. The second-order valence-corrected chi connectivity index (χ2v) is 5.13. The van der Waals surface area contributed by atoms with E-state index < -0.39 is 0 Å². The van der Waals surface area contributed by atoms with Crippen LogP contribution < -0.4 is 5.73 Å². The molecule has 0 aliphatic heterocycles. The molecule has 20 heavy (non-hydrogen) atoms. The summed E-state index contributed by atoms with van der Waals surface area (Å²) in [5.74, 6) is -0.456. The first-order valence-corrected chi connectivity index (χ1v) is 6.79. The number of carbonyl (C=O) groups excluding carboxylic acids is 2. The number of rotatable bonds is 5. The molecule has 110 valence electrons. The highest BCUT2D eigenvalue weighted by molar-refractivity contribution is 6.34. The highest BCUT2D eigenvalue weighted by atomic mass is 35.5. The Kier molecular flexibility index (Phi) is 5.82. The van der Waals surface area contributed by atoms with E-state index in [0.717, 1.165) is 6.42 Å². The molecule has 5 nitrogen and oxygen atoms in total. The molecule has 6 heteroatoms. The Labute approximate surface area is 124 Å². The van der Waals surface area contributed by atoms with Crippen molar-refractivity contribution in [2.24, 2.45) is 0 Å². The summed E-state index contributed by atoms with van der Waals surface area (Å²) in [5.41, 5.74) is 6.40. The Bertz CT molecular complexity index is 483.